The van der Waals surface area contributed by atoms with E-state index in [9.17, 15) is 14.3 Å². The Bertz CT molecular complexity index is 393. The maximum atomic E-state index is 13.3. The number of carboxylic acids is 1. The molecule has 0 aliphatic heterocycles. The second kappa shape index (κ2) is 3.94. The summed E-state index contributed by atoms with van der Waals surface area (Å²) >= 11 is 5.47. The summed E-state index contributed by atoms with van der Waals surface area (Å²) < 4.78 is 13.3. The molecule has 1 rings (SSSR count). The fraction of sp³-hybridized carbons (Fsp3) is 0.222. The van der Waals surface area contributed by atoms with Crippen LogP contribution in [-0.4, -0.2) is 21.3 Å². The number of hydrogen-bond acceptors (Lipinski definition) is 3. The van der Waals surface area contributed by atoms with Gasteiger partial charge in [0.15, 0.2) is 11.6 Å². The van der Waals surface area contributed by atoms with E-state index in [4.69, 9.17) is 21.8 Å². The normalized spacial score (nSPS) is 12.5. The van der Waals surface area contributed by atoms with Crippen molar-refractivity contribution in [3.8, 4) is 11.5 Å². The van der Waals surface area contributed by atoms with Gasteiger partial charge in [0.25, 0.3) is 0 Å². The fourth-order valence-corrected chi connectivity index (χ4v) is 1.35. The average molecular weight is 235 g/mol. The van der Waals surface area contributed by atoms with Crippen molar-refractivity contribution in [1.29, 1.82) is 0 Å². The van der Waals surface area contributed by atoms with Crippen molar-refractivity contribution in [3.63, 3.8) is 0 Å². The highest BCUT2D eigenvalue weighted by molar-refractivity contribution is 6.32. The summed E-state index contributed by atoms with van der Waals surface area (Å²) in [7, 11) is 0. The van der Waals surface area contributed by atoms with Gasteiger partial charge in [-0.15, -0.1) is 0 Å². The number of carbonyl (C=O) groups is 1. The van der Waals surface area contributed by atoms with Gasteiger partial charge in [0.1, 0.15) is 5.75 Å². The summed E-state index contributed by atoms with van der Waals surface area (Å²) in [6.45, 7) is 1.18. The Morgan fingerprint density at radius 2 is 2.07 bits per heavy atom. The predicted octanol–water partition coefficient (Wildman–Crippen LogP) is 2.08. The van der Waals surface area contributed by atoms with Gasteiger partial charge in [0, 0.05) is 11.6 Å². The lowest BCUT2D eigenvalue weighted by atomic mass is 9.99. The third-order valence-electron chi connectivity index (χ3n) is 2.01. The Hall–Kier alpha value is -1.49. The average Bonchev–Trinajstić information content (AvgIpc) is 2.15. The zero-order chi connectivity index (χ0) is 11.7. The van der Waals surface area contributed by atoms with Gasteiger partial charge in [-0.05, 0) is 6.92 Å². The van der Waals surface area contributed by atoms with E-state index in [1.807, 2.05) is 0 Å². The van der Waals surface area contributed by atoms with Crippen LogP contribution < -0.4 is 0 Å². The Labute approximate surface area is 89.5 Å². The summed E-state index contributed by atoms with van der Waals surface area (Å²) in [5, 5.41) is 26.8. The molecule has 0 fully saturated rings. The van der Waals surface area contributed by atoms with Crippen LogP contribution in [0.4, 0.5) is 4.39 Å². The Morgan fingerprint density at radius 3 is 2.53 bits per heavy atom. The monoisotopic (exact) mass is 234 g/mol. The first-order valence-corrected chi connectivity index (χ1v) is 4.36. The lowest BCUT2D eigenvalue weighted by molar-refractivity contribution is -0.138. The molecule has 15 heavy (non-hydrogen) atoms. The summed E-state index contributed by atoms with van der Waals surface area (Å²) in [6.07, 6.45) is 0. The number of aliphatic carboxylic acids is 1. The predicted molar refractivity (Wildman–Crippen MR) is 50.8 cm³/mol. The topological polar surface area (TPSA) is 77.8 Å². The summed E-state index contributed by atoms with van der Waals surface area (Å²) in [5.74, 6) is -5.25. The molecule has 0 aromatic heterocycles. The number of phenols is 2. The molecule has 82 valence electrons. The maximum absolute atomic E-state index is 13.3. The third-order valence-corrected chi connectivity index (χ3v) is 2.30. The summed E-state index contributed by atoms with van der Waals surface area (Å²) in [4.78, 5) is 10.6. The van der Waals surface area contributed by atoms with Crippen LogP contribution in [-0.2, 0) is 4.79 Å². The van der Waals surface area contributed by atoms with Crippen LogP contribution in [0.2, 0.25) is 5.02 Å². The van der Waals surface area contributed by atoms with E-state index in [0.717, 1.165) is 6.07 Å². The minimum atomic E-state index is -1.33. The van der Waals surface area contributed by atoms with E-state index in [2.05, 4.69) is 0 Å². The highest BCUT2D eigenvalue weighted by Gasteiger charge is 2.26. The van der Waals surface area contributed by atoms with Crippen LogP contribution in [0.1, 0.15) is 18.4 Å². The zero-order valence-corrected chi connectivity index (χ0v) is 8.42. The number of rotatable bonds is 2. The van der Waals surface area contributed by atoms with Crippen LogP contribution in [0, 0.1) is 5.82 Å². The molecule has 1 aromatic carbocycles. The van der Waals surface area contributed by atoms with Gasteiger partial charge < -0.3 is 15.3 Å². The SMILES string of the molecule is CC(C(=O)O)c1c(O)c(Cl)cc(O)c1F. The molecule has 0 saturated carbocycles. The molecule has 3 N–H and O–H groups in total. The number of halogens is 2. The maximum Gasteiger partial charge on any atom is 0.310 e. The van der Waals surface area contributed by atoms with Crippen molar-refractivity contribution in [2.45, 2.75) is 12.8 Å². The molecule has 0 aliphatic rings. The van der Waals surface area contributed by atoms with E-state index >= 15 is 0 Å². The zero-order valence-electron chi connectivity index (χ0n) is 7.66. The second-order valence-electron chi connectivity index (χ2n) is 3.01. The summed E-state index contributed by atoms with van der Waals surface area (Å²) in [5.41, 5.74) is -0.521. The van der Waals surface area contributed by atoms with E-state index in [1.54, 1.807) is 0 Å². The molecular weight excluding hydrogens is 227 g/mol. The van der Waals surface area contributed by atoms with E-state index in [0.29, 0.717) is 0 Å². The van der Waals surface area contributed by atoms with Gasteiger partial charge in [-0.25, -0.2) is 4.39 Å². The highest BCUT2D eigenvalue weighted by Crippen LogP contribution is 2.39. The number of carboxylic acid groups (broad SMARTS) is 1. The first-order valence-electron chi connectivity index (χ1n) is 3.98. The molecule has 6 heteroatoms. The molecule has 0 heterocycles. The van der Waals surface area contributed by atoms with Gasteiger partial charge in [-0.1, -0.05) is 11.6 Å². The van der Waals surface area contributed by atoms with Crippen LogP contribution >= 0.6 is 11.6 Å². The molecule has 1 aromatic rings. The van der Waals surface area contributed by atoms with E-state index in [-0.39, 0.29) is 5.02 Å². The van der Waals surface area contributed by atoms with Crippen molar-refractivity contribution in [1.82, 2.24) is 0 Å². The first kappa shape index (κ1) is 11.6. The van der Waals surface area contributed by atoms with Crippen molar-refractivity contribution < 1.29 is 24.5 Å². The molecule has 0 saturated heterocycles. The smallest absolute Gasteiger partial charge is 0.310 e. The van der Waals surface area contributed by atoms with Crippen LogP contribution in [0.15, 0.2) is 6.07 Å². The lowest BCUT2D eigenvalue weighted by Crippen LogP contribution is -2.10. The first-order chi connectivity index (χ1) is 6.86. The van der Waals surface area contributed by atoms with E-state index < -0.39 is 34.8 Å². The number of aromatic hydroxyl groups is 2. The van der Waals surface area contributed by atoms with Gasteiger partial charge in [0.2, 0.25) is 0 Å². The Balaban J connectivity index is 3.45. The lowest BCUT2D eigenvalue weighted by Gasteiger charge is -2.12. The van der Waals surface area contributed by atoms with Crippen molar-refractivity contribution in [3.05, 3.63) is 22.5 Å². The second-order valence-corrected chi connectivity index (χ2v) is 3.42. The molecule has 0 aliphatic carbocycles. The molecular formula is C9H8ClFO4. The number of benzene rings is 1. The standard InChI is InChI=1S/C9H8ClFO4/c1-3(9(14)15)6-7(11)5(12)2-4(10)8(6)13/h2-3,12-13H,1H3,(H,14,15). The molecule has 1 atom stereocenters. The number of phenolic OH excluding ortho intramolecular Hbond substituents is 2. The minimum absolute atomic E-state index is 0.294. The Kier molecular flexibility index (Phi) is 3.04. The fourth-order valence-electron chi connectivity index (χ4n) is 1.14. The van der Waals surface area contributed by atoms with Crippen LogP contribution in [0.3, 0.4) is 0 Å². The largest absolute Gasteiger partial charge is 0.506 e. The molecule has 0 bridgehead atoms. The van der Waals surface area contributed by atoms with Crippen LogP contribution in [0.5, 0.6) is 11.5 Å². The highest BCUT2D eigenvalue weighted by atomic mass is 35.5. The van der Waals surface area contributed by atoms with Crippen molar-refractivity contribution in [2.24, 2.45) is 0 Å². The molecule has 0 spiro atoms. The van der Waals surface area contributed by atoms with E-state index in [1.165, 1.54) is 6.92 Å². The molecule has 0 amide bonds. The number of hydrogen-bond donors (Lipinski definition) is 3. The molecule has 1 unspecified atom stereocenters. The molecule has 0 radical (unpaired) electrons. The quantitative estimate of drug-likeness (QED) is 0.685. The minimum Gasteiger partial charge on any atom is -0.506 e. The van der Waals surface area contributed by atoms with Gasteiger partial charge >= 0.3 is 5.97 Å². The van der Waals surface area contributed by atoms with Crippen molar-refractivity contribution in [2.75, 3.05) is 0 Å². The van der Waals surface area contributed by atoms with Gasteiger partial charge in [-0.2, -0.15) is 0 Å². The van der Waals surface area contributed by atoms with Gasteiger partial charge in [-0.3, -0.25) is 4.79 Å². The van der Waals surface area contributed by atoms with Crippen LogP contribution in [0.25, 0.3) is 0 Å². The summed E-state index contributed by atoms with van der Waals surface area (Å²) in [6, 6.07) is 0.810. The van der Waals surface area contributed by atoms with Crippen molar-refractivity contribution >= 4 is 17.6 Å². The third kappa shape index (κ3) is 1.97. The Morgan fingerprint density at radius 1 is 1.53 bits per heavy atom. The van der Waals surface area contributed by atoms with Gasteiger partial charge in [0.05, 0.1) is 10.9 Å². The molecule has 4 nitrogen and oxygen atoms in total.